The van der Waals surface area contributed by atoms with Gasteiger partial charge in [-0.2, -0.15) is 0 Å². The lowest BCUT2D eigenvalue weighted by atomic mass is 10.1. The zero-order valence-electron chi connectivity index (χ0n) is 6.95. The number of rotatable bonds is 1. The van der Waals surface area contributed by atoms with E-state index < -0.39 is 0 Å². The molecule has 1 atom stereocenters. The molecule has 1 aromatic rings. The molecule has 0 aromatic heterocycles. The minimum atomic E-state index is 0.0885. The van der Waals surface area contributed by atoms with E-state index >= 15 is 0 Å². The summed E-state index contributed by atoms with van der Waals surface area (Å²) in [5, 5.41) is 3.61. The van der Waals surface area contributed by atoms with Crippen LogP contribution >= 0.6 is 0 Å². The summed E-state index contributed by atoms with van der Waals surface area (Å²) < 4.78 is 0. The Labute approximate surface area is 71.8 Å². The van der Waals surface area contributed by atoms with E-state index in [0.717, 1.165) is 6.42 Å². The van der Waals surface area contributed by atoms with Gasteiger partial charge >= 0.3 is 0 Å². The molecule has 1 aromatic carbocycles. The third kappa shape index (κ3) is 1.33. The summed E-state index contributed by atoms with van der Waals surface area (Å²) in [7, 11) is 0. The van der Waals surface area contributed by atoms with Crippen LogP contribution in [0.5, 0.6) is 0 Å². The lowest BCUT2D eigenvalue weighted by Crippen LogP contribution is -1.94. The Morgan fingerprint density at radius 2 is 2.17 bits per heavy atom. The zero-order valence-corrected chi connectivity index (χ0v) is 6.95. The van der Waals surface area contributed by atoms with E-state index in [4.69, 9.17) is 4.84 Å². The molecule has 0 bridgehead atoms. The van der Waals surface area contributed by atoms with Gasteiger partial charge < -0.3 is 4.84 Å². The van der Waals surface area contributed by atoms with Crippen LogP contribution in [0.2, 0.25) is 0 Å². The van der Waals surface area contributed by atoms with Crippen molar-refractivity contribution < 1.29 is 4.84 Å². The third-order valence-electron chi connectivity index (χ3n) is 1.97. The van der Waals surface area contributed by atoms with Crippen molar-refractivity contribution >= 4 is 6.21 Å². The molecule has 1 aliphatic rings. The third-order valence-corrected chi connectivity index (χ3v) is 1.97. The second-order valence-corrected chi connectivity index (χ2v) is 2.96. The molecule has 2 heteroatoms. The number of benzene rings is 1. The fourth-order valence-corrected chi connectivity index (χ4v) is 1.22. The lowest BCUT2D eigenvalue weighted by molar-refractivity contribution is 0.0858. The minimum absolute atomic E-state index is 0.0885. The molecule has 0 saturated carbocycles. The molecule has 0 N–H and O–H groups in total. The van der Waals surface area contributed by atoms with Gasteiger partial charge in [0.05, 0.1) is 0 Å². The van der Waals surface area contributed by atoms with Crippen LogP contribution in [0, 0.1) is 6.92 Å². The fourth-order valence-electron chi connectivity index (χ4n) is 1.22. The molecular formula is C10H10NO. The van der Waals surface area contributed by atoms with Crippen molar-refractivity contribution in [3.63, 3.8) is 0 Å². The fraction of sp³-hybridized carbons (Fsp3) is 0.300. The van der Waals surface area contributed by atoms with Gasteiger partial charge in [-0.1, -0.05) is 35.0 Å². The maximum absolute atomic E-state index is 5.09. The molecule has 2 rings (SSSR count). The largest absolute Gasteiger partial charge is 0.387 e. The van der Waals surface area contributed by atoms with Gasteiger partial charge in [0.2, 0.25) is 0 Å². The second kappa shape index (κ2) is 2.97. The summed E-state index contributed by atoms with van der Waals surface area (Å²) in [5.74, 6) is 0. The number of aryl methyl sites for hydroxylation is 1. The van der Waals surface area contributed by atoms with E-state index in [9.17, 15) is 0 Å². The lowest BCUT2D eigenvalue weighted by Gasteiger charge is -2.07. The molecule has 1 radical (unpaired) electrons. The Hall–Kier alpha value is -1.31. The molecular weight excluding hydrogens is 150 g/mol. The molecule has 2 nitrogen and oxygen atoms in total. The van der Waals surface area contributed by atoms with Gasteiger partial charge in [0.1, 0.15) is 6.21 Å². The maximum atomic E-state index is 5.09. The maximum Gasteiger partial charge on any atom is 0.158 e. The van der Waals surface area contributed by atoms with Crippen LogP contribution in [0.15, 0.2) is 29.4 Å². The van der Waals surface area contributed by atoms with Gasteiger partial charge in [-0.05, 0) is 12.5 Å². The molecule has 0 saturated heterocycles. The summed E-state index contributed by atoms with van der Waals surface area (Å²) in [6.45, 7) is 2.07. The summed E-state index contributed by atoms with van der Waals surface area (Å²) in [6.07, 6.45) is 3.64. The molecule has 1 aliphatic heterocycles. The standard InChI is InChI=1S/C10H10NO/c1-8-2-4-9(5-3-8)10-6-7-11-12-10/h2-5,10H,6H2,1H3. The topological polar surface area (TPSA) is 21.6 Å². The first-order valence-corrected chi connectivity index (χ1v) is 4.01. The molecule has 0 aliphatic carbocycles. The average Bonchev–Trinajstić information content (AvgIpc) is 2.58. The van der Waals surface area contributed by atoms with E-state index in [1.807, 2.05) is 0 Å². The molecule has 1 heterocycles. The summed E-state index contributed by atoms with van der Waals surface area (Å²) in [6, 6.07) is 8.30. The normalized spacial score (nSPS) is 20.9. The second-order valence-electron chi connectivity index (χ2n) is 2.96. The predicted octanol–water partition coefficient (Wildman–Crippen LogP) is 2.32. The van der Waals surface area contributed by atoms with Crippen molar-refractivity contribution in [1.82, 2.24) is 0 Å². The van der Waals surface area contributed by atoms with E-state index in [1.54, 1.807) is 0 Å². The number of nitrogens with zero attached hydrogens (tertiary/aromatic N) is 1. The number of hydrogen-bond donors (Lipinski definition) is 0. The summed E-state index contributed by atoms with van der Waals surface area (Å²) in [5.41, 5.74) is 2.44. The van der Waals surface area contributed by atoms with Crippen LogP contribution in [-0.2, 0) is 4.84 Å². The van der Waals surface area contributed by atoms with Crippen molar-refractivity contribution in [2.75, 3.05) is 0 Å². The van der Waals surface area contributed by atoms with Crippen LogP contribution in [0.3, 0.4) is 0 Å². The van der Waals surface area contributed by atoms with Gasteiger partial charge in [0.15, 0.2) is 6.10 Å². The van der Waals surface area contributed by atoms with Crippen molar-refractivity contribution in [2.45, 2.75) is 19.4 Å². The van der Waals surface area contributed by atoms with Gasteiger partial charge in [-0.25, -0.2) is 0 Å². The van der Waals surface area contributed by atoms with Crippen molar-refractivity contribution in [3.8, 4) is 0 Å². The van der Waals surface area contributed by atoms with Gasteiger partial charge in [0, 0.05) is 6.42 Å². The first-order chi connectivity index (χ1) is 5.86. The van der Waals surface area contributed by atoms with Crippen molar-refractivity contribution in [2.24, 2.45) is 5.16 Å². The van der Waals surface area contributed by atoms with Crippen molar-refractivity contribution in [3.05, 3.63) is 35.4 Å². The highest BCUT2D eigenvalue weighted by Gasteiger charge is 2.15. The Bertz CT molecular complexity index is 281. The zero-order chi connectivity index (χ0) is 8.39. The van der Waals surface area contributed by atoms with Crippen LogP contribution in [0.4, 0.5) is 0 Å². The monoisotopic (exact) mass is 160 g/mol. The smallest absolute Gasteiger partial charge is 0.158 e. The molecule has 12 heavy (non-hydrogen) atoms. The quantitative estimate of drug-likeness (QED) is 0.617. The van der Waals surface area contributed by atoms with Crippen LogP contribution in [0.25, 0.3) is 0 Å². The average molecular weight is 160 g/mol. The van der Waals surface area contributed by atoms with Crippen LogP contribution < -0.4 is 0 Å². The van der Waals surface area contributed by atoms with Gasteiger partial charge in [-0.3, -0.25) is 0 Å². The highest BCUT2D eigenvalue weighted by atomic mass is 16.6. The Balaban J connectivity index is 2.18. The van der Waals surface area contributed by atoms with Gasteiger partial charge in [-0.15, -0.1) is 0 Å². The molecule has 1 unspecified atom stereocenters. The van der Waals surface area contributed by atoms with E-state index in [1.165, 1.54) is 11.1 Å². The number of hydrogen-bond acceptors (Lipinski definition) is 2. The molecule has 0 fully saturated rings. The minimum Gasteiger partial charge on any atom is -0.387 e. The highest BCUT2D eigenvalue weighted by Crippen LogP contribution is 2.24. The first kappa shape index (κ1) is 7.35. The van der Waals surface area contributed by atoms with E-state index in [0.29, 0.717) is 0 Å². The van der Waals surface area contributed by atoms with Gasteiger partial charge in [0.25, 0.3) is 0 Å². The molecule has 61 valence electrons. The SMILES string of the molecule is Cc1ccc(C2C[C]=NO2)cc1. The van der Waals surface area contributed by atoms with Crippen molar-refractivity contribution in [1.29, 1.82) is 0 Å². The van der Waals surface area contributed by atoms with E-state index in [2.05, 4.69) is 42.6 Å². The highest BCUT2D eigenvalue weighted by molar-refractivity contribution is 5.59. The summed E-state index contributed by atoms with van der Waals surface area (Å²) in [4.78, 5) is 5.09. The Morgan fingerprint density at radius 3 is 2.75 bits per heavy atom. The predicted molar refractivity (Wildman–Crippen MR) is 47.1 cm³/mol. The Kier molecular flexibility index (Phi) is 1.82. The molecule has 0 spiro atoms. The Morgan fingerprint density at radius 1 is 1.42 bits per heavy atom. The summed E-state index contributed by atoms with van der Waals surface area (Å²) >= 11 is 0. The first-order valence-electron chi connectivity index (χ1n) is 4.01. The van der Waals surface area contributed by atoms with E-state index in [-0.39, 0.29) is 6.10 Å². The van der Waals surface area contributed by atoms with Crippen LogP contribution in [-0.4, -0.2) is 6.21 Å². The van der Waals surface area contributed by atoms with Crippen LogP contribution in [0.1, 0.15) is 23.7 Å². The molecule has 0 amide bonds.